The number of nitrogens with one attached hydrogen (secondary N) is 1. The van der Waals surface area contributed by atoms with E-state index in [4.69, 9.17) is 14.2 Å². The monoisotopic (exact) mass is 446 g/mol. The Bertz CT molecular complexity index is 1180. The van der Waals surface area contributed by atoms with Crippen LogP contribution >= 0.6 is 0 Å². The molecule has 0 atom stereocenters. The molecule has 3 aromatic rings. The summed E-state index contributed by atoms with van der Waals surface area (Å²) in [6.07, 6.45) is 0. The first-order valence-electron chi connectivity index (χ1n) is 10.3. The van der Waals surface area contributed by atoms with Gasteiger partial charge >= 0.3 is 0 Å². The molecule has 0 aromatic heterocycles. The highest BCUT2D eigenvalue weighted by atomic mass is 16.5. The van der Waals surface area contributed by atoms with E-state index in [1.54, 1.807) is 73.8 Å². The van der Waals surface area contributed by atoms with Gasteiger partial charge in [-0.05, 0) is 42.5 Å². The number of ketones is 1. The molecule has 0 bridgehead atoms. The van der Waals surface area contributed by atoms with Gasteiger partial charge in [-0.1, -0.05) is 24.3 Å². The largest absolute Gasteiger partial charge is 0.497 e. The lowest BCUT2D eigenvalue weighted by Crippen LogP contribution is -2.43. The minimum atomic E-state index is -0.372. The summed E-state index contributed by atoms with van der Waals surface area (Å²) in [4.78, 5) is 39.1. The number of anilines is 2. The molecule has 1 aliphatic rings. The summed E-state index contributed by atoms with van der Waals surface area (Å²) in [6, 6.07) is 20.7. The van der Waals surface area contributed by atoms with Gasteiger partial charge in [0.2, 0.25) is 5.91 Å². The Morgan fingerprint density at radius 2 is 1.79 bits per heavy atom. The van der Waals surface area contributed by atoms with Crippen molar-refractivity contribution in [3.05, 3.63) is 78.4 Å². The van der Waals surface area contributed by atoms with E-state index in [1.807, 2.05) is 6.07 Å². The van der Waals surface area contributed by atoms with Gasteiger partial charge in [-0.15, -0.1) is 0 Å². The topological polar surface area (TPSA) is 94.2 Å². The van der Waals surface area contributed by atoms with Crippen molar-refractivity contribution in [2.75, 3.05) is 37.1 Å². The van der Waals surface area contributed by atoms with E-state index in [0.29, 0.717) is 34.2 Å². The van der Waals surface area contributed by atoms with E-state index in [-0.39, 0.29) is 37.4 Å². The molecular formula is C25H22N2O6. The third-order valence-corrected chi connectivity index (χ3v) is 4.99. The molecule has 0 radical (unpaired) electrons. The Balaban J connectivity index is 1.47. The minimum absolute atomic E-state index is 0.183. The number of ether oxygens (including phenoxy) is 3. The highest BCUT2D eigenvalue weighted by Gasteiger charge is 2.28. The first kappa shape index (κ1) is 21.9. The molecule has 8 heteroatoms. The smallest absolute Gasteiger partial charge is 0.265 e. The third-order valence-electron chi connectivity index (χ3n) is 4.99. The molecule has 0 saturated carbocycles. The Hall–Kier alpha value is -4.33. The van der Waals surface area contributed by atoms with E-state index in [1.165, 1.54) is 4.90 Å². The van der Waals surface area contributed by atoms with Gasteiger partial charge in [0.15, 0.2) is 19.0 Å². The number of benzene rings is 3. The molecule has 4 rings (SSSR count). The van der Waals surface area contributed by atoms with E-state index in [9.17, 15) is 14.4 Å². The second-order valence-corrected chi connectivity index (χ2v) is 7.26. The van der Waals surface area contributed by atoms with Crippen LogP contribution in [0, 0.1) is 0 Å². The minimum Gasteiger partial charge on any atom is -0.497 e. The van der Waals surface area contributed by atoms with Crippen molar-refractivity contribution in [3.8, 4) is 17.2 Å². The van der Waals surface area contributed by atoms with E-state index < -0.39 is 0 Å². The molecule has 8 nitrogen and oxygen atoms in total. The molecule has 0 aliphatic carbocycles. The fourth-order valence-electron chi connectivity index (χ4n) is 3.34. The lowest BCUT2D eigenvalue weighted by molar-refractivity contribution is -0.123. The van der Waals surface area contributed by atoms with Gasteiger partial charge in [0, 0.05) is 17.3 Å². The first-order valence-corrected chi connectivity index (χ1v) is 10.3. The van der Waals surface area contributed by atoms with Crippen LogP contribution in [0.4, 0.5) is 11.4 Å². The van der Waals surface area contributed by atoms with Crippen LogP contribution < -0.4 is 24.4 Å². The van der Waals surface area contributed by atoms with Crippen LogP contribution in [0.2, 0.25) is 0 Å². The number of hydrogen-bond acceptors (Lipinski definition) is 6. The SMILES string of the molecule is COc1cccc(OCC(=O)c2ccc3c(c2)N(CC(=O)Nc2ccccc2)C(=O)CO3)c1. The number of hydrogen-bond donors (Lipinski definition) is 1. The Morgan fingerprint density at radius 3 is 2.58 bits per heavy atom. The molecule has 33 heavy (non-hydrogen) atoms. The Morgan fingerprint density at radius 1 is 1.00 bits per heavy atom. The number of carbonyl (C=O) groups excluding carboxylic acids is 3. The van der Waals surface area contributed by atoms with Gasteiger partial charge < -0.3 is 19.5 Å². The van der Waals surface area contributed by atoms with Crippen molar-refractivity contribution in [2.24, 2.45) is 0 Å². The molecule has 2 amide bonds. The van der Waals surface area contributed by atoms with Gasteiger partial charge in [0.1, 0.15) is 23.8 Å². The normalized spacial score (nSPS) is 12.4. The molecular weight excluding hydrogens is 424 g/mol. The van der Waals surface area contributed by atoms with Crippen LogP contribution in [0.15, 0.2) is 72.8 Å². The number of rotatable bonds is 8. The number of para-hydroxylation sites is 1. The fourth-order valence-corrected chi connectivity index (χ4v) is 3.34. The predicted molar refractivity (Wildman–Crippen MR) is 122 cm³/mol. The molecule has 0 unspecified atom stereocenters. The van der Waals surface area contributed by atoms with E-state index in [0.717, 1.165) is 0 Å². The molecule has 1 N–H and O–H groups in total. The van der Waals surface area contributed by atoms with Gasteiger partial charge in [-0.3, -0.25) is 19.3 Å². The number of fused-ring (bicyclic) bond motifs is 1. The average molecular weight is 446 g/mol. The molecule has 0 saturated heterocycles. The van der Waals surface area contributed by atoms with Crippen molar-refractivity contribution in [3.63, 3.8) is 0 Å². The molecule has 1 heterocycles. The second-order valence-electron chi connectivity index (χ2n) is 7.26. The van der Waals surface area contributed by atoms with Crippen molar-refractivity contribution in [1.29, 1.82) is 0 Å². The predicted octanol–water partition coefficient (Wildman–Crippen LogP) is 3.32. The number of carbonyl (C=O) groups is 3. The zero-order chi connectivity index (χ0) is 23.2. The summed E-state index contributed by atoms with van der Waals surface area (Å²) in [6.45, 7) is -0.588. The van der Waals surface area contributed by atoms with Crippen molar-refractivity contribution in [2.45, 2.75) is 0 Å². The zero-order valence-corrected chi connectivity index (χ0v) is 17.9. The van der Waals surface area contributed by atoms with Crippen LogP contribution in [0.25, 0.3) is 0 Å². The maximum Gasteiger partial charge on any atom is 0.265 e. The highest BCUT2D eigenvalue weighted by Crippen LogP contribution is 2.33. The number of Topliss-reactive ketones (excluding diaryl/α,β-unsaturated/α-hetero) is 1. The van der Waals surface area contributed by atoms with Gasteiger partial charge in [-0.25, -0.2) is 0 Å². The van der Waals surface area contributed by atoms with E-state index in [2.05, 4.69) is 5.32 Å². The zero-order valence-electron chi connectivity index (χ0n) is 17.9. The summed E-state index contributed by atoms with van der Waals surface area (Å²) in [5.74, 6) is 0.523. The van der Waals surface area contributed by atoms with Crippen LogP contribution in [-0.2, 0) is 9.59 Å². The summed E-state index contributed by atoms with van der Waals surface area (Å²) < 4.78 is 16.2. The van der Waals surface area contributed by atoms with Gasteiger partial charge in [0.25, 0.3) is 5.91 Å². The highest BCUT2D eigenvalue weighted by molar-refractivity contribution is 6.06. The summed E-state index contributed by atoms with van der Waals surface area (Å²) in [5.41, 5.74) is 1.33. The quantitative estimate of drug-likeness (QED) is 0.534. The third kappa shape index (κ3) is 5.30. The number of amides is 2. The fraction of sp³-hybridized carbons (Fsp3) is 0.160. The second kappa shape index (κ2) is 9.86. The van der Waals surface area contributed by atoms with Gasteiger partial charge in [0.05, 0.1) is 12.8 Å². The van der Waals surface area contributed by atoms with Crippen molar-refractivity contribution in [1.82, 2.24) is 0 Å². The van der Waals surface area contributed by atoms with Crippen LogP contribution in [0.5, 0.6) is 17.2 Å². The Kier molecular flexibility index (Phi) is 6.54. The molecule has 1 aliphatic heterocycles. The first-order chi connectivity index (χ1) is 16.0. The molecule has 0 fully saturated rings. The Labute approximate surface area is 190 Å². The van der Waals surface area contributed by atoms with Crippen LogP contribution in [-0.4, -0.2) is 44.5 Å². The summed E-state index contributed by atoms with van der Waals surface area (Å²) in [5, 5.41) is 2.75. The molecule has 3 aromatic carbocycles. The molecule has 0 spiro atoms. The standard InChI is InChI=1S/C25H22N2O6/c1-31-19-8-5-9-20(13-19)32-15-22(28)17-10-11-23-21(12-17)27(25(30)16-33-23)14-24(29)26-18-6-3-2-4-7-18/h2-13H,14-16H2,1H3,(H,26,29). The van der Waals surface area contributed by atoms with E-state index >= 15 is 0 Å². The van der Waals surface area contributed by atoms with Crippen LogP contribution in [0.1, 0.15) is 10.4 Å². The molecule has 168 valence electrons. The van der Waals surface area contributed by atoms with Crippen molar-refractivity contribution >= 4 is 29.0 Å². The van der Waals surface area contributed by atoms with Crippen LogP contribution in [0.3, 0.4) is 0 Å². The lowest BCUT2D eigenvalue weighted by Gasteiger charge is -2.29. The summed E-state index contributed by atoms with van der Waals surface area (Å²) >= 11 is 0. The average Bonchev–Trinajstić information content (AvgIpc) is 2.84. The summed E-state index contributed by atoms with van der Waals surface area (Å²) in [7, 11) is 1.55. The van der Waals surface area contributed by atoms with Gasteiger partial charge in [-0.2, -0.15) is 0 Å². The lowest BCUT2D eigenvalue weighted by atomic mass is 10.1. The van der Waals surface area contributed by atoms with Crippen molar-refractivity contribution < 1.29 is 28.6 Å². The number of methoxy groups -OCH3 is 1. The number of nitrogens with zero attached hydrogens (tertiary/aromatic N) is 1. The maximum atomic E-state index is 12.7. The maximum absolute atomic E-state index is 12.7.